The number of nitrogens with one attached hydrogen (secondary N) is 1. The topological polar surface area (TPSA) is 51.1 Å². The molecule has 0 saturated carbocycles. The lowest BCUT2D eigenvalue weighted by Crippen LogP contribution is -2.29. The Labute approximate surface area is 142 Å². The van der Waals surface area contributed by atoms with Crippen LogP contribution in [0.3, 0.4) is 0 Å². The lowest BCUT2D eigenvalue weighted by Gasteiger charge is -2.10. The molecule has 122 valence electrons. The number of para-hydroxylation sites is 1. The number of benzene rings is 2. The van der Waals surface area contributed by atoms with Crippen LogP contribution < -0.4 is 10.7 Å². The van der Waals surface area contributed by atoms with Crippen molar-refractivity contribution < 1.29 is 9.18 Å². The number of halogens is 2. The Kier molecular flexibility index (Phi) is 4.36. The molecule has 1 amide bonds. The van der Waals surface area contributed by atoms with Gasteiger partial charge in [0.1, 0.15) is 11.4 Å². The predicted octanol–water partition coefficient (Wildman–Crippen LogP) is 3.26. The van der Waals surface area contributed by atoms with Crippen LogP contribution >= 0.6 is 11.6 Å². The van der Waals surface area contributed by atoms with E-state index in [0.717, 1.165) is 5.56 Å². The van der Waals surface area contributed by atoms with Crippen molar-refractivity contribution in [1.29, 1.82) is 0 Å². The van der Waals surface area contributed by atoms with Crippen molar-refractivity contribution in [2.24, 2.45) is 7.05 Å². The van der Waals surface area contributed by atoms with Gasteiger partial charge in [0.25, 0.3) is 5.91 Å². The van der Waals surface area contributed by atoms with E-state index >= 15 is 0 Å². The average Bonchev–Trinajstić information content (AvgIpc) is 2.57. The molecule has 1 heterocycles. The molecule has 6 heteroatoms. The normalized spacial score (nSPS) is 10.8. The summed E-state index contributed by atoms with van der Waals surface area (Å²) in [5.41, 5.74) is 0.378. The first kappa shape index (κ1) is 16.2. The molecule has 24 heavy (non-hydrogen) atoms. The van der Waals surface area contributed by atoms with E-state index in [1.807, 2.05) is 6.07 Å². The molecule has 3 rings (SSSR count). The van der Waals surface area contributed by atoms with Crippen molar-refractivity contribution in [2.45, 2.75) is 6.54 Å². The average molecular weight is 345 g/mol. The highest BCUT2D eigenvalue weighted by molar-refractivity contribution is 6.31. The van der Waals surface area contributed by atoms with E-state index in [1.165, 1.54) is 29.0 Å². The summed E-state index contributed by atoms with van der Waals surface area (Å²) in [6, 6.07) is 11.3. The second-order valence-electron chi connectivity index (χ2n) is 5.39. The number of fused-ring (bicyclic) bond motifs is 1. The van der Waals surface area contributed by atoms with E-state index < -0.39 is 17.2 Å². The summed E-state index contributed by atoms with van der Waals surface area (Å²) in [7, 11) is 1.59. The third-order valence-electron chi connectivity index (χ3n) is 3.79. The van der Waals surface area contributed by atoms with Crippen LogP contribution in [0.15, 0.2) is 53.5 Å². The zero-order chi connectivity index (χ0) is 17.3. The standard InChI is InChI=1S/C18H14ClFN2O2/c1-22-10-13(17(23)12-6-4-8-15(20)16(12)22)18(24)21-9-11-5-2-3-7-14(11)19/h2-8,10H,9H2,1H3,(H,21,24). The molecule has 0 unspecified atom stereocenters. The molecule has 0 aliphatic heterocycles. The van der Waals surface area contributed by atoms with Crippen molar-refractivity contribution in [1.82, 2.24) is 9.88 Å². The Morgan fingerprint density at radius 1 is 1.21 bits per heavy atom. The number of hydrogen-bond acceptors (Lipinski definition) is 2. The molecular formula is C18H14ClFN2O2. The maximum atomic E-state index is 13.9. The first-order chi connectivity index (χ1) is 11.5. The van der Waals surface area contributed by atoms with E-state index in [4.69, 9.17) is 11.6 Å². The predicted molar refractivity (Wildman–Crippen MR) is 91.8 cm³/mol. The maximum Gasteiger partial charge on any atom is 0.257 e. The third-order valence-corrected chi connectivity index (χ3v) is 4.16. The van der Waals surface area contributed by atoms with Gasteiger partial charge in [-0.05, 0) is 23.8 Å². The van der Waals surface area contributed by atoms with Gasteiger partial charge in [-0.1, -0.05) is 35.9 Å². The van der Waals surface area contributed by atoms with Crippen molar-refractivity contribution in [2.75, 3.05) is 0 Å². The van der Waals surface area contributed by atoms with Gasteiger partial charge < -0.3 is 9.88 Å². The largest absolute Gasteiger partial charge is 0.348 e. The molecule has 0 saturated heterocycles. The summed E-state index contributed by atoms with van der Waals surface area (Å²) in [6.45, 7) is 0.197. The van der Waals surface area contributed by atoms with Crippen LogP contribution in [-0.2, 0) is 13.6 Å². The van der Waals surface area contributed by atoms with Gasteiger partial charge in [0.05, 0.1) is 5.52 Å². The van der Waals surface area contributed by atoms with Gasteiger partial charge in [0.2, 0.25) is 5.43 Å². The van der Waals surface area contributed by atoms with Crippen molar-refractivity contribution >= 4 is 28.4 Å². The van der Waals surface area contributed by atoms with E-state index in [2.05, 4.69) is 5.32 Å². The van der Waals surface area contributed by atoms with Crippen LogP contribution in [0.25, 0.3) is 10.9 Å². The summed E-state index contributed by atoms with van der Waals surface area (Å²) in [5.74, 6) is -1.03. The molecule has 0 aliphatic carbocycles. The van der Waals surface area contributed by atoms with E-state index in [9.17, 15) is 14.0 Å². The van der Waals surface area contributed by atoms with Gasteiger partial charge in [-0.15, -0.1) is 0 Å². The molecular weight excluding hydrogens is 331 g/mol. The summed E-state index contributed by atoms with van der Waals surface area (Å²) >= 11 is 6.05. The lowest BCUT2D eigenvalue weighted by molar-refractivity contribution is 0.0949. The molecule has 0 radical (unpaired) electrons. The van der Waals surface area contributed by atoms with Crippen molar-refractivity contribution in [3.8, 4) is 0 Å². The molecule has 1 aromatic heterocycles. The van der Waals surface area contributed by atoms with Gasteiger partial charge in [-0.25, -0.2) is 4.39 Å². The van der Waals surface area contributed by atoms with Crippen LogP contribution in [0.2, 0.25) is 5.02 Å². The number of pyridine rings is 1. The molecule has 0 fully saturated rings. The first-order valence-corrected chi connectivity index (χ1v) is 7.66. The molecule has 1 N–H and O–H groups in total. The van der Waals surface area contributed by atoms with Gasteiger partial charge in [-0.2, -0.15) is 0 Å². The molecule has 4 nitrogen and oxygen atoms in total. The van der Waals surface area contributed by atoms with Crippen LogP contribution in [0.5, 0.6) is 0 Å². The molecule has 0 bridgehead atoms. The van der Waals surface area contributed by atoms with Crippen molar-refractivity contribution in [3.05, 3.63) is 80.9 Å². The Morgan fingerprint density at radius 3 is 2.71 bits per heavy atom. The Morgan fingerprint density at radius 2 is 1.96 bits per heavy atom. The highest BCUT2D eigenvalue weighted by Crippen LogP contribution is 2.16. The highest BCUT2D eigenvalue weighted by atomic mass is 35.5. The van der Waals surface area contributed by atoms with E-state index in [-0.39, 0.29) is 23.0 Å². The number of nitrogens with zero attached hydrogens (tertiary/aromatic N) is 1. The highest BCUT2D eigenvalue weighted by Gasteiger charge is 2.16. The number of hydrogen-bond donors (Lipinski definition) is 1. The second kappa shape index (κ2) is 6.45. The van der Waals surface area contributed by atoms with Gasteiger partial charge in [0.15, 0.2) is 0 Å². The fourth-order valence-corrected chi connectivity index (χ4v) is 2.80. The summed E-state index contributed by atoms with van der Waals surface area (Å²) in [4.78, 5) is 24.9. The molecule has 2 aromatic carbocycles. The van der Waals surface area contributed by atoms with Gasteiger partial charge in [-0.3, -0.25) is 9.59 Å². The minimum absolute atomic E-state index is 0.0392. The maximum absolute atomic E-state index is 13.9. The molecule has 3 aromatic rings. The van der Waals surface area contributed by atoms with Gasteiger partial charge in [0, 0.05) is 30.2 Å². The number of carbonyl (C=O) groups is 1. The number of rotatable bonds is 3. The minimum atomic E-state index is -0.526. The molecule has 0 aliphatic rings. The zero-order valence-electron chi connectivity index (χ0n) is 12.8. The smallest absolute Gasteiger partial charge is 0.257 e. The quantitative estimate of drug-likeness (QED) is 0.793. The summed E-state index contributed by atoms with van der Waals surface area (Å²) < 4.78 is 15.3. The fraction of sp³-hybridized carbons (Fsp3) is 0.111. The summed E-state index contributed by atoms with van der Waals surface area (Å²) in [6.07, 6.45) is 1.34. The van der Waals surface area contributed by atoms with Crippen molar-refractivity contribution in [3.63, 3.8) is 0 Å². The Bertz CT molecular complexity index is 998. The number of aromatic nitrogens is 1. The molecule has 0 atom stereocenters. The van der Waals surface area contributed by atoms with Crippen LogP contribution in [-0.4, -0.2) is 10.5 Å². The lowest BCUT2D eigenvalue weighted by atomic mass is 10.1. The van der Waals surface area contributed by atoms with Crippen LogP contribution in [0.4, 0.5) is 4.39 Å². The summed E-state index contributed by atoms with van der Waals surface area (Å²) in [5, 5.41) is 3.38. The minimum Gasteiger partial charge on any atom is -0.348 e. The van der Waals surface area contributed by atoms with E-state index in [0.29, 0.717) is 5.02 Å². The first-order valence-electron chi connectivity index (χ1n) is 7.28. The Balaban J connectivity index is 1.95. The Hall–Kier alpha value is -2.66. The number of amides is 1. The second-order valence-corrected chi connectivity index (χ2v) is 5.80. The molecule has 0 spiro atoms. The monoisotopic (exact) mass is 344 g/mol. The van der Waals surface area contributed by atoms with Gasteiger partial charge >= 0.3 is 0 Å². The van der Waals surface area contributed by atoms with Crippen LogP contribution in [0, 0.1) is 5.82 Å². The van der Waals surface area contributed by atoms with E-state index in [1.54, 1.807) is 25.2 Å². The zero-order valence-corrected chi connectivity index (χ0v) is 13.6. The fourth-order valence-electron chi connectivity index (χ4n) is 2.59. The number of aryl methyl sites for hydroxylation is 1. The number of carbonyl (C=O) groups excluding carboxylic acids is 1. The SMILES string of the molecule is Cn1cc(C(=O)NCc2ccccc2Cl)c(=O)c2cccc(F)c21. The van der Waals surface area contributed by atoms with Crippen LogP contribution in [0.1, 0.15) is 15.9 Å². The third kappa shape index (κ3) is 2.90.